The highest BCUT2D eigenvalue weighted by Crippen LogP contribution is 1.61. The average molecular weight is 186 g/mol. The van der Waals surface area contributed by atoms with Crippen LogP contribution in [0, 0.1) is 0 Å². The van der Waals surface area contributed by atoms with Crippen LogP contribution in [0.15, 0.2) is 23.3 Å². The van der Waals surface area contributed by atoms with Crippen molar-refractivity contribution in [2.75, 3.05) is 0 Å². The van der Waals surface area contributed by atoms with Crippen LogP contribution in [0.1, 0.15) is 0 Å². The number of hydrogen-bond acceptors (Lipinski definition) is 4. The molecule has 0 saturated heterocycles. The van der Waals surface area contributed by atoms with Gasteiger partial charge in [0.05, 0.1) is 0 Å². The van der Waals surface area contributed by atoms with Gasteiger partial charge in [-0.3, -0.25) is 0 Å². The van der Waals surface area contributed by atoms with E-state index in [0.717, 1.165) is 0 Å². The summed E-state index contributed by atoms with van der Waals surface area (Å²) in [6, 6.07) is 1.65. The van der Waals surface area contributed by atoms with E-state index in [1.54, 1.807) is 6.07 Å². The fourth-order valence-corrected chi connectivity index (χ4v) is 0.310. The number of aliphatic carboxylic acids is 2. The van der Waals surface area contributed by atoms with Gasteiger partial charge in [0.1, 0.15) is 0 Å². The maximum Gasteiger partial charge on any atom is 0.414 e. The monoisotopic (exact) mass is 186 g/mol. The van der Waals surface area contributed by atoms with E-state index >= 15 is 0 Å². The molecule has 0 bridgehead atoms. The van der Waals surface area contributed by atoms with Crippen molar-refractivity contribution in [3.05, 3.63) is 28.9 Å². The number of nitrogens with one attached hydrogen (secondary N) is 1. The van der Waals surface area contributed by atoms with E-state index in [1.807, 2.05) is 0 Å². The summed E-state index contributed by atoms with van der Waals surface area (Å²) in [4.78, 5) is 34.0. The van der Waals surface area contributed by atoms with Gasteiger partial charge in [-0.1, -0.05) is 0 Å². The largest absolute Gasteiger partial charge is 0.473 e. The first-order valence-electron chi connectivity index (χ1n) is 3.00. The number of aromatic nitrogens is 2. The first kappa shape index (κ1) is 10.8. The maximum absolute atomic E-state index is 10.1. The van der Waals surface area contributed by atoms with Gasteiger partial charge in [-0.2, -0.15) is 0 Å². The molecule has 1 aromatic rings. The van der Waals surface area contributed by atoms with Gasteiger partial charge in [0.2, 0.25) is 0 Å². The molecule has 0 saturated carbocycles. The van der Waals surface area contributed by atoms with Gasteiger partial charge in [0.25, 0.3) is 0 Å². The van der Waals surface area contributed by atoms with E-state index in [-0.39, 0.29) is 5.69 Å². The molecule has 0 radical (unpaired) electrons. The molecule has 0 aliphatic rings. The topological polar surface area (TPSA) is 120 Å². The highest BCUT2D eigenvalue weighted by molar-refractivity contribution is 6.27. The van der Waals surface area contributed by atoms with Gasteiger partial charge in [0.15, 0.2) is 0 Å². The molecular formula is C6H6N2O5. The molecule has 0 unspecified atom stereocenters. The van der Waals surface area contributed by atoms with E-state index in [1.165, 1.54) is 12.4 Å². The molecule has 1 rings (SSSR count). The maximum atomic E-state index is 10.1. The van der Waals surface area contributed by atoms with Crippen LogP contribution in [0.3, 0.4) is 0 Å². The second kappa shape index (κ2) is 5.47. The summed E-state index contributed by atoms with van der Waals surface area (Å²) in [5.74, 6) is -3.65. The number of carbonyl (C=O) groups is 2. The number of carboxylic acids is 2. The predicted octanol–water partition coefficient (Wildman–Crippen LogP) is -1.07. The van der Waals surface area contributed by atoms with Crippen LogP contribution in [-0.2, 0) is 9.59 Å². The van der Waals surface area contributed by atoms with Crippen molar-refractivity contribution < 1.29 is 19.8 Å². The van der Waals surface area contributed by atoms with Crippen molar-refractivity contribution in [2.24, 2.45) is 0 Å². The number of rotatable bonds is 0. The Labute approximate surface area is 71.7 Å². The smallest absolute Gasteiger partial charge is 0.414 e. The van der Waals surface area contributed by atoms with Crippen LogP contribution >= 0.6 is 0 Å². The lowest BCUT2D eigenvalue weighted by Gasteiger charge is -1.72. The summed E-state index contributed by atoms with van der Waals surface area (Å²) in [7, 11) is 0. The molecule has 0 aromatic carbocycles. The first-order chi connectivity index (χ1) is 6.04. The normalized spacial score (nSPS) is 8.00. The molecule has 0 aliphatic heterocycles. The number of carboxylic acid groups (broad SMARTS) is 2. The van der Waals surface area contributed by atoms with Crippen molar-refractivity contribution in [3.63, 3.8) is 0 Å². The summed E-state index contributed by atoms with van der Waals surface area (Å²) in [5, 5.41) is 14.8. The molecule has 7 heteroatoms. The van der Waals surface area contributed by atoms with Crippen molar-refractivity contribution in [1.82, 2.24) is 9.97 Å². The Morgan fingerprint density at radius 3 is 2.00 bits per heavy atom. The number of nitrogens with zero attached hydrogens (tertiary/aromatic N) is 1. The van der Waals surface area contributed by atoms with Gasteiger partial charge < -0.3 is 15.2 Å². The molecule has 13 heavy (non-hydrogen) atoms. The van der Waals surface area contributed by atoms with Gasteiger partial charge >= 0.3 is 17.6 Å². The summed E-state index contributed by atoms with van der Waals surface area (Å²) in [6.07, 6.45) is 2.98. The van der Waals surface area contributed by atoms with Crippen LogP contribution in [0.4, 0.5) is 0 Å². The van der Waals surface area contributed by atoms with Crippen LogP contribution < -0.4 is 5.69 Å². The zero-order valence-corrected chi connectivity index (χ0v) is 6.30. The van der Waals surface area contributed by atoms with E-state index in [2.05, 4.69) is 9.97 Å². The fraction of sp³-hybridized carbons (Fsp3) is 0. The molecular weight excluding hydrogens is 180 g/mol. The van der Waals surface area contributed by atoms with Crippen LogP contribution in [0.25, 0.3) is 0 Å². The summed E-state index contributed by atoms with van der Waals surface area (Å²) in [5.41, 5.74) is -0.303. The standard InChI is InChI=1S/C4H4N2O.C2H2O4/c7-4-5-2-1-3-6-4;3-1(4)2(5)6/h1-3H,(H,5,6,7);(H,3,4)(H,5,6). The minimum absolute atomic E-state index is 0.303. The quantitative estimate of drug-likeness (QED) is 0.443. The van der Waals surface area contributed by atoms with Crippen LogP contribution in [0.2, 0.25) is 0 Å². The molecule has 7 nitrogen and oxygen atoms in total. The Kier molecular flexibility index (Phi) is 4.55. The zero-order chi connectivity index (χ0) is 10.3. The lowest BCUT2D eigenvalue weighted by atomic mass is 10.7. The van der Waals surface area contributed by atoms with Crippen molar-refractivity contribution >= 4 is 11.9 Å². The lowest BCUT2D eigenvalue weighted by molar-refractivity contribution is -0.159. The summed E-state index contributed by atoms with van der Waals surface area (Å²) in [6.45, 7) is 0. The molecule has 70 valence electrons. The Morgan fingerprint density at radius 1 is 1.31 bits per heavy atom. The molecule has 1 heterocycles. The van der Waals surface area contributed by atoms with E-state index < -0.39 is 11.9 Å². The molecule has 3 N–H and O–H groups in total. The number of H-pyrrole nitrogens is 1. The third-order valence-corrected chi connectivity index (χ3v) is 0.764. The third-order valence-electron chi connectivity index (χ3n) is 0.764. The average Bonchev–Trinajstić information content (AvgIpc) is 2.06. The van der Waals surface area contributed by atoms with Gasteiger partial charge in [-0.15, -0.1) is 0 Å². The molecule has 0 fully saturated rings. The highest BCUT2D eigenvalue weighted by atomic mass is 16.4. The summed E-state index contributed by atoms with van der Waals surface area (Å²) < 4.78 is 0. The third kappa shape index (κ3) is 6.23. The molecule has 0 atom stereocenters. The Morgan fingerprint density at radius 2 is 1.85 bits per heavy atom. The van der Waals surface area contributed by atoms with Crippen LogP contribution in [0.5, 0.6) is 0 Å². The van der Waals surface area contributed by atoms with E-state index in [4.69, 9.17) is 19.8 Å². The predicted molar refractivity (Wildman–Crippen MR) is 40.1 cm³/mol. The SMILES string of the molecule is O=C(O)C(=O)O.O=c1nccc[nH]1. The van der Waals surface area contributed by atoms with Crippen molar-refractivity contribution in [2.45, 2.75) is 0 Å². The molecule has 0 amide bonds. The van der Waals surface area contributed by atoms with Crippen LogP contribution in [-0.4, -0.2) is 32.1 Å². The van der Waals surface area contributed by atoms with E-state index in [0.29, 0.717) is 0 Å². The van der Waals surface area contributed by atoms with E-state index in [9.17, 15) is 4.79 Å². The zero-order valence-electron chi connectivity index (χ0n) is 6.30. The van der Waals surface area contributed by atoms with Crippen molar-refractivity contribution in [3.8, 4) is 0 Å². The Balaban J connectivity index is 0.000000226. The first-order valence-corrected chi connectivity index (χ1v) is 3.00. The van der Waals surface area contributed by atoms with Crippen molar-refractivity contribution in [1.29, 1.82) is 0 Å². The van der Waals surface area contributed by atoms with Gasteiger partial charge in [0, 0.05) is 12.4 Å². The Bertz CT molecular complexity index is 315. The minimum Gasteiger partial charge on any atom is -0.473 e. The second-order valence-electron chi connectivity index (χ2n) is 1.70. The lowest BCUT2D eigenvalue weighted by Crippen LogP contribution is -2.09. The summed E-state index contributed by atoms with van der Waals surface area (Å²) >= 11 is 0. The molecule has 0 spiro atoms. The minimum atomic E-state index is -1.82. The molecule has 0 aliphatic carbocycles. The second-order valence-corrected chi connectivity index (χ2v) is 1.70. The fourth-order valence-electron chi connectivity index (χ4n) is 0.310. The number of aromatic amines is 1. The number of hydrogen-bond donors (Lipinski definition) is 3. The molecule has 1 aromatic heterocycles. The Hall–Kier alpha value is -2.18. The van der Waals surface area contributed by atoms with Gasteiger partial charge in [-0.25, -0.2) is 19.4 Å². The highest BCUT2D eigenvalue weighted by Gasteiger charge is 2.04. The van der Waals surface area contributed by atoms with Gasteiger partial charge in [-0.05, 0) is 6.07 Å².